The number of alkyl halides is 5. The summed E-state index contributed by atoms with van der Waals surface area (Å²) in [6.07, 6.45) is -5.96. The lowest BCUT2D eigenvalue weighted by molar-refractivity contribution is -0.137. The van der Waals surface area contributed by atoms with Crippen molar-refractivity contribution in [2.45, 2.75) is 31.0 Å². The summed E-state index contributed by atoms with van der Waals surface area (Å²) in [6.45, 7) is -1.08. The SMILES string of the molecule is CS(=O)(=O)N[C@@H]1CCN(C(=O)Nc2c(F)cc(C(F)(F)F)cc2-c2c(F)cccc2F)CCC1(F)F. The third-order valence-electron chi connectivity index (χ3n) is 5.44. The first-order valence-corrected chi connectivity index (χ1v) is 12.1. The molecule has 1 saturated heterocycles. The molecular weight excluding hydrogens is 526 g/mol. The summed E-state index contributed by atoms with van der Waals surface area (Å²) >= 11 is 0. The Morgan fingerprint density at radius 3 is 2.22 bits per heavy atom. The molecule has 2 N–H and O–H groups in total. The van der Waals surface area contributed by atoms with Crippen molar-refractivity contribution in [2.75, 3.05) is 24.7 Å². The molecule has 0 bridgehead atoms. The van der Waals surface area contributed by atoms with Crippen LogP contribution in [0.1, 0.15) is 18.4 Å². The lowest BCUT2D eigenvalue weighted by Crippen LogP contribution is -2.47. The van der Waals surface area contributed by atoms with E-state index in [1.165, 1.54) is 0 Å². The van der Waals surface area contributed by atoms with E-state index in [1.54, 1.807) is 4.72 Å². The van der Waals surface area contributed by atoms with E-state index < -0.39 is 100.0 Å². The van der Waals surface area contributed by atoms with Gasteiger partial charge in [-0.15, -0.1) is 0 Å². The van der Waals surface area contributed by atoms with Gasteiger partial charge in [-0.1, -0.05) is 6.07 Å². The molecule has 0 spiro atoms. The smallest absolute Gasteiger partial charge is 0.324 e. The highest BCUT2D eigenvalue weighted by molar-refractivity contribution is 7.88. The van der Waals surface area contributed by atoms with Crippen LogP contribution < -0.4 is 10.0 Å². The predicted molar refractivity (Wildman–Crippen MR) is 113 cm³/mol. The number of rotatable bonds is 4. The highest BCUT2D eigenvalue weighted by Crippen LogP contribution is 2.40. The fourth-order valence-electron chi connectivity index (χ4n) is 3.71. The summed E-state index contributed by atoms with van der Waals surface area (Å²) in [5.41, 5.74) is -4.58. The Balaban J connectivity index is 1.98. The first-order chi connectivity index (χ1) is 16.5. The standard InChI is InChI=1S/C21H19F8N3O3S/c1-36(34,35)31-16-5-7-32(8-6-20(16,25)26)19(33)30-18-12(17-13(22)3-2-4-14(17)23)9-11(10-15(18)24)21(27,28)29/h2-4,9-10,16,31H,5-8H2,1H3,(H,30,33)/t16-/m1/s1. The molecular formula is C21H19F8N3O3S. The molecule has 15 heteroatoms. The van der Waals surface area contributed by atoms with Crippen LogP contribution >= 0.6 is 0 Å². The second-order valence-electron chi connectivity index (χ2n) is 8.13. The molecule has 0 aromatic heterocycles. The van der Waals surface area contributed by atoms with Crippen LogP contribution in [0.15, 0.2) is 30.3 Å². The van der Waals surface area contributed by atoms with Crippen LogP contribution in [0.2, 0.25) is 0 Å². The van der Waals surface area contributed by atoms with Gasteiger partial charge in [0.15, 0.2) is 0 Å². The number of nitrogens with one attached hydrogen (secondary N) is 2. The van der Waals surface area contributed by atoms with Gasteiger partial charge in [-0.2, -0.15) is 13.2 Å². The molecule has 1 atom stereocenters. The maximum absolute atomic E-state index is 14.8. The lowest BCUT2D eigenvalue weighted by Gasteiger charge is -2.24. The summed E-state index contributed by atoms with van der Waals surface area (Å²) in [5.74, 6) is -7.91. The van der Waals surface area contributed by atoms with Crippen LogP contribution in [0.4, 0.5) is 45.6 Å². The zero-order valence-electron chi connectivity index (χ0n) is 18.4. The minimum atomic E-state index is -5.10. The van der Waals surface area contributed by atoms with E-state index in [1.807, 2.05) is 5.32 Å². The van der Waals surface area contributed by atoms with Gasteiger partial charge in [-0.25, -0.2) is 39.9 Å². The molecule has 3 rings (SSSR count). The fraction of sp³-hybridized carbons (Fsp3) is 0.381. The van der Waals surface area contributed by atoms with Crippen LogP contribution in [-0.2, 0) is 16.2 Å². The molecule has 6 nitrogen and oxygen atoms in total. The highest BCUT2D eigenvalue weighted by atomic mass is 32.2. The predicted octanol–water partition coefficient (Wildman–Crippen LogP) is 4.97. The van der Waals surface area contributed by atoms with Crippen molar-refractivity contribution in [3.05, 3.63) is 53.3 Å². The third kappa shape index (κ3) is 6.24. The van der Waals surface area contributed by atoms with E-state index in [0.29, 0.717) is 18.4 Å². The van der Waals surface area contributed by atoms with Gasteiger partial charge in [0.05, 0.1) is 29.1 Å². The number of urea groups is 1. The number of benzene rings is 2. The van der Waals surface area contributed by atoms with E-state index >= 15 is 0 Å². The first kappa shape index (κ1) is 27.6. The Bertz CT molecular complexity index is 1250. The monoisotopic (exact) mass is 545 g/mol. The van der Waals surface area contributed by atoms with Gasteiger partial charge >= 0.3 is 12.2 Å². The number of halogens is 8. The molecule has 1 heterocycles. The summed E-state index contributed by atoms with van der Waals surface area (Å²) in [4.78, 5) is 13.5. The Morgan fingerprint density at radius 2 is 1.67 bits per heavy atom. The Hall–Kier alpha value is -2.94. The van der Waals surface area contributed by atoms with Gasteiger partial charge in [0.25, 0.3) is 5.92 Å². The van der Waals surface area contributed by atoms with Crippen molar-refractivity contribution < 1.29 is 48.3 Å². The van der Waals surface area contributed by atoms with E-state index in [4.69, 9.17) is 0 Å². The maximum atomic E-state index is 14.8. The van der Waals surface area contributed by atoms with Crippen LogP contribution in [0, 0.1) is 17.5 Å². The van der Waals surface area contributed by atoms with E-state index in [9.17, 15) is 48.3 Å². The van der Waals surface area contributed by atoms with Crippen molar-refractivity contribution in [1.82, 2.24) is 9.62 Å². The van der Waals surface area contributed by atoms with Gasteiger partial charge < -0.3 is 10.2 Å². The van der Waals surface area contributed by atoms with Crippen LogP contribution in [0.5, 0.6) is 0 Å². The molecule has 36 heavy (non-hydrogen) atoms. The van der Waals surface area contributed by atoms with Gasteiger partial charge in [-0.05, 0) is 30.7 Å². The van der Waals surface area contributed by atoms with Gasteiger partial charge in [0.1, 0.15) is 17.5 Å². The van der Waals surface area contributed by atoms with Gasteiger partial charge in [0, 0.05) is 25.1 Å². The van der Waals surface area contributed by atoms with E-state index in [2.05, 4.69) is 0 Å². The number of likely N-dealkylation sites (tertiary alicyclic amines) is 1. The molecule has 0 aliphatic carbocycles. The van der Waals surface area contributed by atoms with Crippen molar-refractivity contribution >= 4 is 21.7 Å². The number of carbonyl (C=O) groups is 1. The fourth-order valence-corrected chi connectivity index (χ4v) is 4.52. The van der Waals surface area contributed by atoms with Crippen LogP contribution in [0.25, 0.3) is 11.1 Å². The summed E-state index contributed by atoms with van der Waals surface area (Å²) in [7, 11) is -4.03. The molecule has 1 aliphatic rings. The summed E-state index contributed by atoms with van der Waals surface area (Å²) in [5, 5.41) is 1.93. The number of carbonyl (C=O) groups excluding carboxylic acids is 1. The Labute approximate surface area is 200 Å². The highest BCUT2D eigenvalue weighted by Gasteiger charge is 2.44. The molecule has 0 radical (unpaired) electrons. The van der Waals surface area contributed by atoms with Gasteiger partial charge in [-0.3, -0.25) is 0 Å². The summed E-state index contributed by atoms with van der Waals surface area (Å²) < 4.78 is 137. The zero-order valence-corrected chi connectivity index (χ0v) is 19.2. The van der Waals surface area contributed by atoms with Crippen LogP contribution in [-0.4, -0.2) is 50.7 Å². The van der Waals surface area contributed by atoms with Crippen molar-refractivity contribution in [3.63, 3.8) is 0 Å². The average Bonchev–Trinajstić information content (AvgIpc) is 2.86. The largest absolute Gasteiger partial charge is 0.416 e. The molecule has 2 aromatic rings. The maximum Gasteiger partial charge on any atom is 0.416 e. The Kier molecular flexibility index (Phi) is 7.56. The first-order valence-electron chi connectivity index (χ1n) is 10.3. The van der Waals surface area contributed by atoms with Crippen molar-refractivity contribution in [3.8, 4) is 11.1 Å². The second-order valence-corrected chi connectivity index (χ2v) is 9.91. The third-order valence-corrected chi connectivity index (χ3v) is 6.15. The normalized spacial score (nSPS) is 18.6. The number of hydrogen-bond donors (Lipinski definition) is 2. The minimum Gasteiger partial charge on any atom is -0.324 e. The van der Waals surface area contributed by atoms with E-state index in [0.717, 1.165) is 11.0 Å². The molecule has 1 aliphatic heterocycles. The molecule has 0 unspecified atom stereocenters. The minimum absolute atomic E-state index is 0.0144. The van der Waals surface area contributed by atoms with Crippen molar-refractivity contribution in [2.24, 2.45) is 0 Å². The number of hydrogen-bond acceptors (Lipinski definition) is 3. The van der Waals surface area contributed by atoms with E-state index in [-0.39, 0.29) is 12.1 Å². The molecule has 1 fully saturated rings. The average molecular weight is 545 g/mol. The lowest BCUT2D eigenvalue weighted by atomic mass is 9.99. The molecule has 0 saturated carbocycles. The zero-order chi connectivity index (χ0) is 27.1. The number of nitrogens with zero attached hydrogens (tertiary/aromatic N) is 1. The van der Waals surface area contributed by atoms with Gasteiger partial charge in [0.2, 0.25) is 10.0 Å². The molecule has 198 valence electrons. The Morgan fingerprint density at radius 1 is 1.06 bits per heavy atom. The number of anilines is 1. The number of amides is 2. The van der Waals surface area contributed by atoms with Crippen LogP contribution in [0.3, 0.4) is 0 Å². The van der Waals surface area contributed by atoms with Crippen molar-refractivity contribution in [1.29, 1.82) is 0 Å². The molecule has 2 amide bonds. The second kappa shape index (κ2) is 9.84. The quantitative estimate of drug-likeness (QED) is 0.533. The molecule has 2 aromatic carbocycles. The number of sulfonamides is 1. The topological polar surface area (TPSA) is 78.5 Å². The summed E-state index contributed by atoms with van der Waals surface area (Å²) in [6, 6.07) is -0.473.